The summed E-state index contributed by atoms with van der Waals surface area (Å²) in [5.41, 5.74) is 1.38. The molecule has 5 nitrogen and oxygen atoms in total. The molecule has 0 bridgehead atoms. The van der Waals surface area contributed by atoms with Crippen LogP contribution < -0.4 is 5.32 Å². The minimum Gasteiger partial charge on any atom is -0.355 e. The molecule has 1 aliphatic rings. The molecule has 0 spiro atoms. The van der Waals surface area contributed by atoms with Gasteiger partial charge in [-0.25, -0.2) is 0 Å². The molecule has 1 N–H and O–H groups in total. The second-order valence-electron chi connectivity index (χ2n) is 5.97. The number of carbonyl (C=O) groups is 1. The van der Waals surface area contributed by atoms with E-state index in [-0.39, 0.29) is 5.91 Å². The standard InChI is InChI=1S/C15H22N4O/c1-11-8-15(9-11,10-16)14(20)17-5-4-6-19-13(3)7-12(2)18-19/h7,11H,4-6,8-9H2,1-3H3,(H,17,20). The van der Waals surface area contributed by atoms with Gasteiger partial charge in [-0.05, 0) is 45.1 Å². The third-order valence-electron chi connectivity index (χ3n) is 3.98. The van der Waals surface area contributed by atoms with Gasteiger partial charge in [-0.2, -0.15) is 10.4 Å². The molecule has 0 unspecified atom stereocenters. The molecule has 1 aliphatic carbocycles. The number of hydrogen-bond acceptors (Lipinski definition) is 3. The second kappa shape index (κ2) is 5.66. The van der Waals surface area contributed by atoms with Crippen molar-refractivity contribution in [3.05, 3.63) is 17.5 Å². The molecule has 108 valence electrons. The third-order valence-corrected chi connectivity index (χ3v) is 3.98. The number of hydrogen-bond donors (Lipinski definition) is 1. The molecule has 1 aromatic rings. The zero-order valence-corrected chi connectivity index (χ0v) is 12.4. The molecule has 0 aromatic carbocycles. The number of nitrogens with one attached hydrogen (secondary N) is 1. The van der Waals surface area contributed by atoms with Gasteiger partial charge in [0.2, 0.25) is 5.91 Å². The maximum Gasteiger partial charge on any atom is 0.240 e. The Labute approximate surface area is 120 Å². The van der Waals surface area contributed by atoms with Gasteiger partial charge in [-0.1, -0.05) is 6.92 Å². The lowest BCUT2D eigenvalue weighted by Crippen LogP contribution is -2.48. The zero-order valence-electron chi connectivity index (χ0n) is 12.4. The molecule has 2 rings (SSSR count). The molecule has 1 heterocycles. The Balaban J connectivity index is 1.75. The highest BCUT2D eigenvalue weighted by Gasteiger charge is 2.48. The number of aryl methyl sites for hydroxylation is 3. The summed E-state index contributed by atoms with van der Waals surface area (Å²) in [5.74, 6) is 0.376. The van der Waals surface area contributed by atoms with E-state index >= 15 is 0 Å². The molecule has 0 atom stereocenters. The fourth-order valence-electron chi connectivity index (χ4n) is 2.96. The van der Waals surface area contributed by atoms with Crippen LogP contribution in [0, 0.1) is 36.5 Å². The predicted molar refractivity (Wildman–Crippen MR) is 75.8 cm³/mol. The van der Waals surface area contributed by atoms with Crippen LogP contribution in [-0.2, 0) is 11.3 Å². The van der Waals surface area contributed by atoms with Gasteiger partial charge in [0, 0.05) is 18.8 Å². The van der Waals surface area contributed by atoms with Crippen LogP contribution in [0.25, 0.3) is 0 Å². The first-order chi connectivity index (χ1) is 9.47. The van der Waals surface area contributed by atoms with Crippen LogP contribution in [0.4, 0.5) is 0 Å². The Bertz CT molecular complexity index is 535. The van der Waals surface area contributed by atoms with E-state index in [2.05, 4.69) is 23.4 Å². The summed E-state index contributed by atoms with van der Waals surface area (Å²) in [7, 11) is 0. The topological polar surface area (TPSA) is 70.7 Å². The van der Waals surface area contributed by atoms with Crippen molar-refractivity contribution in [2.75, 3.05) is 6.54 Å². The van der Waals surface area contributed by atoms with E-state index in [1.165, 1.54) is 0 Å². The van der Waals surface area contributed by atoms with Crippen LogP contribution >= 0.6 is 0 Å². The van der Waals surface area contributed by atoms with Crippen molar-refractivity contribution in [1.29, 1.82) is 5.26 Å². The maximum atomic E-state index is 12.1. The maximum absolute atomic E-state index is 12.1. The van der Waals surface area contributed by atoms with E-state index < -0.39 is 5.41 Å². The first kappa shape index (κ1) is 14.6. The minimum absolute atomic E-state index is 0.105. The van der Waals surface area contributed by atoms with Crippen LogP contribution in [0.3, 0.4) is 0 Å². The summed E-state index contributed by atoms with van der Waals surface area (Å²) in [4.78, 5) is 12.1. The number of rotatable bonds is 5. The first-order valence-electron chi connectivity index (χ1n) is 7.17. The normalized spacial score (nSPS) is 24.8. The molecule has 0 aliphatic heterocycles. The Morgan fingerprint density at radius 1 is 1.60 bits per heavy atom. The van der Waals surface area contributed by atoms with Crippen molar-refractivity contribution >= 4 is 5.91 Å². The Morgan fingerprint density at radius 2 is 2.30 bits per heavy atom. The van der Waals surface area contributed by atoms with Gasteiger partial charge in [-0.15, -0.1) is 0 Å². The molecule has 1 amide bonds. The molecule has 1 fully saturated rings. The minimum atomic E-state index is -0.766. The Kier molecular flexibility index (Phi) is 4.12. The van der Waals surface area contributed by atoms with Gasteiger partial charge in [0.05, 0.1) is 11.8 Å². The van der Waals surface area contributed by atoms with Gasteiger partial charge in [0.15, 0.2) is 0 Å². The monoisotopic (exact) mass is 274 g/mol. The van der Waals surface area contributed by atoms with Gasteiger partial charge < -0.3 is 5.32 Å². The highest BCUT2D eigenvalue weighted by atomic mass is 16.2. The number of nitrogens with zero attached hydrogens (tertiary/aromatic N) is 3. The van der Waals surface area contributed by atoms with Crippen molar-refractivity contribution in [3.8, 4) is 6.07 Å². The molecule has 1 saturated carbocycles. The predicted octanol–water partition coefficient (Wildman–Crippen LogP) is 1.95. The lowest BCUT2D eigenvalue weighted by atomic mass is 9.63. The fraction of sp³-hybridized carbons (Fsp3) is 0.667. The highest BCUT2D eigenvalue weighted by Crippen LogP contribution is 2.44. The average Bonchev–Trinajstić information content (AvgIpc) is 2.68. The van der Waals surface area contributed by atoms with Gasteiger partial charge in [-0.3, -0.25) is 9.48 Å². The molecular weight excluding hydrogens is 252 g/mol. The van der Waals surface area contributed by atoms with Crippen molar-refractivity contribution in [1.82, 2.24) is 15.1 Å². The molecular formula is C15H22N4O. The first-order valence-corrected chi connectivity index (χ1v) is 7.17. The largest absolute Gasteiger partial charge is 0.355 e. The van der Waals surface area contributed by atoms with Gasteiger partial charge in [0.1, 0.15) is 5.41 Å². The van der Waals surface area contributed by atoms with Crippen LogP contribution in [-0.4, -0.2) is 22.2 Å². The number of amides is 1. The van der Waals surface area contributed by atoms with Gasteiger partial charge in [0.25, 0.3) is 0 Å². The quantitative estimate of drug-likeness (QED) is 0.834. The zero-order chi connectivity index (χ0) is 14.8. The van der Waals surface area contributed by atoms with E-state index in [4.69, 9.17) is 0 Å². The van der Waals surface area contributed by atoms with E-state index in [0.29, 0.717) is 25.3 Å². The fourth-order valence-corrected chi connectivity index (χ4v) is 2.96. The second-order valence-corrected chi connectivity index (χ2v) is 5.97. The summed E-state index contributed by atoms with van der Waals surface area (Å²) in [6.07, 6.45) is 2.20. The summed E-state index contributed by atoms with van der Waals surface area (Å²) in [6, 6.07) is 4.23. The van der Waals surface area contributed by atoms with Crippen LogP contribution in [0.15, 0.2) is 6.07 Å². The molecule has 20 heavy (non-hydrogen) atoms. The molecule has 5 heteroatoms. The molecule has 1 aromatic heterocycles. The van der Waals surface area contributed by atoms with Crippen LogP contribution in [0.5, 0.6) is 0 Å². The van der Waals surface area contributed by atoms with Crippen molar-refractivity contribution in [3.63, 3.8) is 0 Å². The van der Waals surface area contributed by atoms with E-state index in [0.717, 1.165) is 24.4 Å². The smallest absolute Gasteiger partial charge is 0.240 e. The van der Waals surface area contributed by atoms with E-state index in [9.17, 15) is 10.1 Å². The highest BCUT2D eigenvalue weighted by molar-refractivity contribution is 5.86. The van der Waals surface area contributed by atoms with E-state index in [1.807, 2.05) is 24.6 Å². The van der Waals surface area contributed by atoms with Crippen LogP contribution in [0.1, 0.15) is 37.6 Å². The summed E-state index contributed by atoms with van der Waals surface area (Å²) in [6.45, 7) is 7.45. The lowest BCUT2D eigenvalue weighted by Gasteiger charge is -2.39. The van der Waals surface area contributed by atoms with Crippen molar-refractivity contribution in [2.24, 2.45) is 11.3 Å². The number of carbonyl (C=O) groups excluding carboxylic acids is 1. The summed E-state index contributed by atoms with van der Waals surface area (Å²) >= 11 is 0. The van der Waals surface area contributed by atoms with Crippen molar-refractivity contribution < 1.29 is 4.79 Å². The van der Waals surface area contributed by atoms with E-state index in [1.54, 1.807) is 0 Å². The Morgan fingerprint density at radius 3 is 2.80 bits per heavy atom. The Hall–Kier alpha value is -1.83. The SMILES string of the molecule is Cc1cc(C)n(CCCNC(=O)C2(C#N)CC(C)C2)n1. The molecule has 0 saturated heterocycles. The third kappa shape index (κ3) is 2.84. The van der Waals surface area contributed by atoms with Gasteiger partial charge >= 0.3 is 0 Å². The summed E-state index contributed by atoms with van der Waals surface area (Å²) < 4.78 is 1.95. The lowest BCUT2D eigenvalue weighted by molar-refractivity contribution is -0.133. The molecule has 0 radical (unpaired) electrons. The summed E-state index contributed by atoms with van der Waals surface area (Å²) in [5, 5.41) is 16.4. The number of aromatic nitrogens is 2. The average molecular weight is 274 g/mol. The van der Waals surface area contributed by atoms with Crippen molar-refractivity contribution in [2.45, 2.75) is 46.6 Å². The number of nitriles is 1. The van der Waals surface area contributed by atoms with Crippen LogP contribution in [0.2, 0.25) is 0 Å².